The van der Waals surface area contributed by atoms with E-state index in [-0.39, 0.29) is 5.56 Å². The summed E-state index contributed by atoms with van der Waals surface area (Å²) >= 11 is 3.09. The number of ether oxygens (including phenoxy) is 1. The van der Waals surface area contributed by atoms with Gasteiger partial charge in [0.05, 0.1) is 23.9 Å². The third kappa shape index (κ3) is 3.76. The van der Waals surface area contributed by atoms with Crippen LogP contribution in [0.5, 0.6) is 5.75 Å². The molecular formula is C22H22N4O3S2. The summed E-state index contributed by atoms with van der Waals surface area (Å²) in [5.74, 6) is 2.33. The molecule has 1 aliphatic carbocycles. The van der Waals surface area contributed by atoms with Crippen molar-refractivity contribution in [2.24, 2.45) is 0 Å². The van der Waals surface area contributed by atoms with E-state index in [2.05, 4.69) is 10.2 Å². The number of thioether (sulfide) groups is 1. The van der Waals surface area contributed by atoms with E-state index in [1.54, 1.807) is 23.0 Å². The Balaban J connectivity index is 1.63. The van der Waals surface area contributed by atoms with Crippen molar-refractivity contribution in [1.29, 1.82) is 0 Å². The van der Waals surface area contributed by atoms with E-state index in [9.17, 15) is 4.79 Å². The summed E-state index contributed by atoms with van der Waals surface area (Å²) in [6, 6.07) is 7.49. The zero-order valence-corrected chi connectivity index (χ0v) is 19.0. The molecule has 0 atom stereocenters. The van der Waals surface area contributed by atoms with Gasteiger partial charge in [-0.2, -0.15) is 0 Å². The standard InChI is InChI=1S/C22H22N4O3S2/c1-3-17-24-25-18(29-17)12-30-22-23-20-19(15-6-4-5-7-16(15)31-20)21(27)26(22)13-8-10-14(28-2)11-9-13/h8-11H,3-7,12H2,1-2H3. The Hall–Kier alpha value is -2.65. The Morgan fingerprint density at radius 2 is 1.94 bits per heavy atom. The number of thiophene rings is 1. The third-order valence-electron chi connectivity index (χ3n) is 5.42. The first-order valence-electron chi connectivity index (χ1n) is 10.3. The molecule has 1 aromatic carbocycles. The van der Waals surface area contributed by atoms with Crippen LogP contribution in [-0.2, 0) is 25.0 Å². The maximum absolute atomic E-state index is 13.7. The van der Waals surface area contributed by atoms with E-state index < -0.39 is 0 Å². The van der Waals surface area contributed by atoms with E-state index in [1.807, 2.05) is 31.2 Å². The number of methoxy groups -OCH3 is 1. The molecule has 4 aromatic rings. The maximum Gasteiger partial charge on any atom is 0.267 e. The highest BCUT2D eigenvalue weighted by molar-refractivity contribution is 7.98. The molecule has 0 fully saturated rings. The van der Waals surface area contributed by atoms with E-state index in [0.29, 0.717) is 29.1 Å². The lowest BCUT2D eigenvalue weighted by Crippen LogP contribution is -2.22. The van der Waals surface area contributed by atoms with E-state index in [4.69, 9.17) is 14.1 Å². The second-order valence-electron chi connectivity index (χ2n) is 7.36. The zero-order chi connectivity index (χ0) is 21.4. The van der Waals surface area contributed by atoms with Crippen LogP contribution in [0.15, 0.2) is 38.6 Å². The second-order valence-corrected chi connectivity index (χ2v) is 9.38. The summed E-state index contributed by atoms with van der Waals surface area (Å²) in [4.78, 5) is 20.8. The lowest BCUT2D eigenvalue weighted by molar-refractivity contribution is 0.414. The molecule has 0 radical (unpaired) electrons. The van der Waals surface area contributed by atoms with Crippen LogP contribution in [0.4, 0.5) is 0 Å². The Morgan fingerprint density at radius 1 is 1.16 bits per heavy atom. The fraction of sp³-hybridized carbons (Fsp3) is 0.364. The molecule has 0 bridgehead atoms. The average Bonchev–Trinajstić information content (AvgIpc) is 3.42. The lowest BCUT2D eigenvalue weighted by atomic mass is 9.97. The van der Waals surface area contributed by atoms with Gasteiger partial charge in [0.25, 0.3) is 5.56 Å². The summed E-state index contributed by atoms with van der Waals surface area (Å²) in [6.45, 7) is 1.97. The highest BCUT2D eigenvalue weighted by Gasteiger charge is 2.23. The molecular weight excluding hydrogens is 432 g/mol. The predicted octanol–water partition coefficient (Wildman–Crippen LogP) is 4.57. The van der Waals surface area contributed by atoms with Crippen LogP contribution in [0.1, 0.15) is 42.0 Å². The molecule has 3 aromatic heterocycles. The van der Waals surface area contributed by atoms with E-state index in [1.165, 1.54) is 28.6 Å². The molecule has 0 saturated heterocycles. The first kappa shape index (κ1) is 20.3. The highest BCUT2D eigenvalue weighted by Crippen LogP contribution is 2.35. The molecule has 1 aliphatic rings. The van der Waals surface area contributed by atoms with Crippen LogP contribution >= 0.6 is 23.1 Å². The van der Waals surface area contributed by atoms with Gasteiger partial charge in [0.2, 0.25) is 11.8 Å². The summed E-state index contributed by atoms with van der Waals surface area (Å²) in [7, 11) is 1.63. The van der Waals surface area contributed by atoms with Gasteiger partial charge in [0.15, 0.2) is 5.16 Å². The second kappa shape index (κ2) is 8.47. The third-order valence-corrected chi connectivity index (χ3v) is 7.53. The van der Waals surface area contributed by atoms with Crippen molar-refractivity contribution in [3.63, 3.8) is 0 Å². The van der Waals surface area contributed by atoms with Crippen LogP contribution in [-0.4, -0.2) is 26.9 Å². The zero-order valence-electron chi connectivity index (χ0n) is 17.4. The number of hydrogen-bond donors (Lipinski definition) is 0. The molecule has 0 unspecified atom stereocenters. The molecule has 0 spiro atoms. The number of benzene rings is 1. The fourth-order valence-corrected chi connectivity index (χ4v) is 6.01. The van der Waals surface area contributed by atoms with Crippen molar-refractivity contribution in [3.05, 3.63) is 56.8 Å². The number of fused-ring (bicyclic) bond motifs is 3. The van der Waals surface area contributed by atoms with Gasteiger partial charge < -0.3 is 9.15 Å². The summed E-state index contributed by atoms with van der Waals surface area (Å²) in [5.41, 5.74) is 1.93. The number of aryl methyl sites for hydroxylation is 3. The number of nitrogens with zero attached hydrogens (tertiary/aromatic N) is 4. The van der Waals surface area contributed by atoms with Gasteiger partial charge in [-0.05, 0) is 55.5 Å². The van der Waals surface area contributed by atoms with Crippen LogP contribution in [0, 0.1) is 0 Å². The van der Waals surface area contributed by atoms with Crippen molar-refractivity contribution in [2.45, 2.75) is 49.9 Å². The summed E-state index contributed by atoms with van der Waals surface area (Å²) in [5, 5.41) is 9.52. The molecule has 160 valence electrons. The molecule has 0 saturated carbocycles. The number of hydrogen-bond acceptors (Lipinski definition) is 8. The molecule has 0 amide bonds. The minimum atomic E-state index is -0.0168. The largest absolute Gasteiger partial charge is 0.497 e. The Bertz CT molecular complexity index is 1290. The normalized spacial score (nSPS) is 13.5. The molecule has 7 nitrogen and oxygen atoms in total. The van der Waals surface area contributed by atoms with Crippen molar-refractivity contribution in [3.8, 4) is 11.4 Å². The van der Waals surface area contributed by atoms with Crippen LogP contribution < -0.4 is 10.3 Å². The van der Waals surface area contributed by atoms with Gasteiger partial charge in [0.1, 0.15) is 10.6 Å². The number of aromatic nitrogens is 4. The molecule has 5 rings (SSSR count). The van der Waals surface area contributed by atoms with Crippen LogP contribution in [0.3, 0.4) is 0 Å². The van der Waals surface area contributed by atoms with Gasteiger partial charge in [-0.3, -0.25) is 9.36 Å². The Labute approximate surface area is 187 Å². The van der Waals surface area contributed by atoms with Gasteiger partial charge in [-0.25, -0.2) is 4.98 Å². The minimum absolute atomic E-state index is 0.0168. The smallest absolute Gasteiger partial charge is 0.267 e. The van der Waals surface area contributed by atoms with Crippen molar-refractivity contribution < 1.29 is 9.15 Å². The molecule has 0 N–H and O–H groups in total. The minimum Gasteiger partial charge on any atom is -0.497 e. The summed E-state index contributed by atoms with van der Waals surface area (Å²) in [6.07, 6.45) is 4.96. The lowest BCUT2D eigenvalue weighted by Gasteiger charge is -2.13. The first-order valence-corrected chi connectivity index (χ1v) is 12.1. The molecule has 9 heteroatoms. The predicted molar refractivity (Wildman–Crippen MR) is 122 cm³/mol. The molecule has 31 heavy (non-hydrogen) atoms. The monoisotopic (exact) mass is 454 g/mol. The quantitative estimate of drug-likeness (QED) is 0.312. The van der Waals surface area contributed by atoms with E-state index >= 15 is 0 Å². The highest BCUT2D eigenvalue weighted by atomic mass is 32.2. The van der Waals surface area contributed by atoms with E-state index in [0.717, 1.165) is 40.9 Å². The first-order chi connectivity index (χ1) is 15.2. The Morgan fingerprint density at radius 3 is 2.68 bits per heavy atom. The maximum atomic E-state index is 13.7. The van der Waals surface area contributed by atoms with Crippen molar-refractivity contribution in [1.82, 2.24) is 19.7 Å². The fourth-order valence-electron chi connectivity index (χ4n) is 3.86. The molecule has 0 aliphatic heterocycles. The topological polar surface area (TPSA) is 83.0 Å². The number of rotatable bonds is 6. The van der Waals surface area contributed by atoms with Gasteiger partial charge >= 0.3 is 0 Å². The SMILES string of the molecule is CCc1nnc(CSc2nc3sc4c(c3c(=O)n2-c2ccc(OC)cc2)CCCC4)o1. The van der Waals surface area contributed by atoms with Crippen molar-refractivity contribution >= 4 is 33.3 Å². The van der Waals surface area contributed by atoms with Gasteiger partial charge in [-0.15, -0.1) is 21.5 Å². The Kier molecular flexibility index (Phi) is 5.54. The summed E-state index contributed by atoms with van der Waals surface area (Å²) < 4.78 is 12.6. The van der Waals surface area contributed by atoms with Crippen LogP contribution in [0.25, 0.3) is 15.9 Å². The van der Waals surface area contributed by atoms with Crippen LogP contribution in [0.2, 0.25) is 0 Å². The van der Waals surface area contributed by atoms with Gasteiger partial charge in [-0.1, -0.05) is 18.7 Å². The van der Waals surface area contributed by atoms with Crippen molar-refractivity contribution in [2.75, 3.05) is 7.11 Å². The van der Waals surface area contributed by atoms with Gasteiger partial charge in [0, 0.05) is 11.3 Å². The average molecular weight is 455 g/mol. The molecule has 3 heterocycles.